The lowest BCUT2D eigenvalue weighted by molar-refractivity contribution is -0.120. The maximum absolute atomic E-state index is 12.5. The lowest BCUT2D eigenvalue weighted by Gasteiger charge is -2.22. The highest BCUT2D eigenvalue weighted by atomic mass is 16.2. The van der Waals surface area contributed by atoms with Gasteiger partial charge in [0.15, 0.2) is 5.82 Å². The number of carbonyl (C=O) groups excluding carboxylic acids is 1. The van der Waals surface area contributed by atoms with Gasteiger partial charge in [0.25, 0.3) is 0 Å². The molecule has 0 unspecified atom stereocenters. The average Bonchev–Trinajstić information content (AvgIpc) is 3.38. The normalized spacial score (nSPS) is 18.3. The van der Waals surface area contributed by atoms with E-state index in [0.717, 1.165) is 41.6 Å². The number of benzene rings is 1. The van der Waals surface area contributed by atoms with Gasteiger partial charge in [0.2, 0.25) is 5.91 Å². The van der Waals surface area contributed by atoms with Gasteiger partial charge in [-0.05, 0) is 56.6 Å². The van der Waals surface area contributed by atoms with Crippen LogP contribution < -0.4 is 5.32 Å². The number of fused-ring (bicyclic) bond motifs is 1. The number of rotatable bonds is 4. The molecule has 0 aliphatic carbocycles. The second-order valence-corrected chi connectivity index (χ2v) is 6.59. The van der Waals surface area contributed by atoms with Crippen LogP contribution in [-0.2, 0) is 11.8 Å². The van der Waals surface area contributed by atoms with Gasteiger partial charge in [-0.15, -0.1) is 10.2 Å². The highest BCUT2D eigenvalue weighted by Crippen LogP contribution is 2.24. The summed E-state index contributed by atoms with van der Waals surface area (Å²) in [6, 6.07) is 7.08. The Morgan fingerprint density at radius 3 is 2.85 bits per heavy atom. The molecule has 3 aromatic rings. The standard InChI is InChI=1S/C19H22N6O/c1-13(25-7-3-4-8-25)19(26)21-18-10-15-9-14(5-6-17(15)22-23-18)16-11-20-24(2)12-16/h5-6,9-13H,3-4,7-8H2,1-2H3,(H,21,23,26)/t13-/m0/s1/i2D3. The number of carbonyl (C=O) groups is 1. The number of nitrogens with one attached hydrogen (secondary N) is 1. The Kier molecular flexibility index (Phi) is 3.53. The molecule has 134 valence electrons. The average molecular weight is 353 g/mol. The molecule has 0 radical (unpaired) electrons. The molecule has 3 heterocycles. The van der Waals surface area contributed by atoms with Crippen molar-refractivity contribution in [3.63, 3.8) is 0 Å². The van der Waals surface area contributed by atoms with Crippen molar-refractivity contribution in [3.8, 4) is 11.1 Å². The summed E-state index contributed by atoms with van der Waals surface area (Å²) in [4.78, 5) is 14.7. The Balaban J connectivity index is 1.56. The lowest BCUT2D eigenvalue weighted by atomic mass is 10.1. The van der Waals surface area contributed by atoms with Crippen molar-refractivity contribution in [2.75, 3.05) is 18.4 Å². The fourth-order valence-electron chi connectivity index (χ4n) is 3.28. The Bertz CT molecular complexity index is 1040. The molecule has 26 heavy (non-hydrogen) atoms. The van der Waals surface area contributed by atoms with Crippen LogP contribution in [0.2, 0.25) is 0 Å². The number of amides is 1. The fourth-order valence-corrected chi connectivity index (χ4v) is 3.28. The van der Waals surface area contributed by atoms with Crippen LogP contribution in [0.15, 0.2) is 36.7 Å². The van der Waals surface area contributed by atoms with E-state index in [2.05, 4.69) is 25.5 Å². The van der Waals surface area contributed by atoms with E-state index in [-0.39, 0.29) is 11.9 Å². The number of hydrogen-bond donors (Lipinski definition) is 1. The number of anilines is 1. The first-order valence-corrected chi connectivity index (χ1v) is 8.69. The molecule has 1 aromatic carbocycles. The van der Waals surface area contributed by atoms with Gasteiger partial charge < -0.3 is 5.32 Å². The van der Waals surface area contributed by atoms with Gasteiger partial charge in [0, 0.05) is 28.2 Å². The fraction of sp³-hybridized carbons (Fsp3) is 0.368. The summed E-state index contributed by atoms with van der Waals surface area (Å²) in [5.41, 5.74) is 2.18. The second-order valence-electron chi connectivity index (χ2n) is 6.59. The second kappa shape index (κ2) is 6.84. The van der Waals surface area contributed by atoms with Crippen LogP contribution in [0.5, 0.6) is 0 Å². The monoisotopic (exact) mass is 353 g/mol. The zero-order valence-corrected chi connectivity index (χ0v) is 14.5. The third-order valence-corrected chi connectivity index (χ3v) is 4.82. The van der Waals surface area contributed by atoms with Crippen molar-refractivity contribution >= 4 is 22.6 Å². The molecule has 1 aliphatic heterocycles. The third kappa shape index (κ3) is 3.30. The van der Waals surface area contributed by atoms with E-state index in [1.54, 1.807) is 6.07 Å². The molecule has 2 aromatic heterocycles. The predicted octanol–water partition coefficient (Wildman–Crippen LogP) is 2.45. The van der Waals surface area contributed by atoms with Crippen molar-refractivity contribution < 1.29 is 8.91 Å². The number of aromatic nitrogens is 4. The van der Waals surface area contributed by atoms with Crippen LogP contribution in [-0.4, -0.2) is 49.9 Å². The molecule has 1 fully saturated rings. The molecule has 0 bridgehead atoms. The zero-order valence-electron chi connectivity index (χ0n) is 17.5. The van der Waals surface area contributed by atoms with E-state index < -0.39 is 6.98 Å². The molecular weight excluding hydrogens is 328 g/mol. The number of likely N-dealkylation sites (tertiary alicyclic amines) is 1. The molecule has 0 spiro atoms. The molecule has 1 amide bonds. The van der Waals surface area contributed by atoms with Crippen LogP contribution in [0.4, 0.5) is 5.82 Å². The summed E-state index contributed by atoms with van der Waals surface area (Å²) in [5, 5.41) is 15.9. The van der Waals surface area contributed by atoms with E-state index in [1.807, 2.05) is 25.1 Å². The van der Waals surface area contributed by atoms with Crippen LogP contribution in [0.1, 0.15) is 23.9 Å². The molecule has 1 atom stereocenters. The van der Waals surface area contributed by atoms with Crippen LogP contribution >= 0.6 is 0 Å². The zero-order chi connectivity index (χ0) is 20.6. The maximum atomic E-state index is 12.5. The topological polar surface area (TPSA) is 75.9 Å². The molecule has 1 saturated heterocycles. The minimum absolute atomic E-state index is 0.101. The smallest absolute Gasteiger partial charge is 0.242 e. The quantitative estimate of drug-likeness (QED) is 0.780. The third-order valence-electron chi connectivity index (χ3n) is 4.82. The summed E-state index contributed by atoms with van der Waals surface area (Å²) >= 11 is 0. The van der Waals surface area contributed by atoms with Crippen molar-refractivity contribution in [1.29, 1.82) is 0 Å². The molecule has 4 rings (SSSR count). The molecule has 0 saturated carbocycles. The Labute approximate surface area is 156 Å². The molecule has 7 nitrogen and oxygen atoms in total. The summed E-state index contributed by atoms with van der Waals surface area (Å²) in [5.74, 6) is 0.291. The minimum atomic E-state index is -2.32. The summed E-state index contributed by atoms with van der Waals surface area (Å²) < 4.78 is 23.3. The van der Waals surface area contributed by atoms with E-state index in [4.69, 9.17) is 4.11 Å². The van der Waals surface area contributed by atoms with Crippen molar-refractivity contribution in [1.82, 2.24) is 24.9 Å². The summed E-state index contributed by atoms with van der Waals surface area (Å²) in [6.45, 7) is 1.45. The van der Waals surface area contributed by atoms with Crippen LogP contribution in [0, 0.1) is 0 Å². The number of nitrogens with zero attached hydrogens (tertiary/aromatic N) is 5. The van der Waals surface area contributed by atoms with Gasteiger partial charge in [-0.3, -0.25) is 14.4 Å². The maximum Gasteiger partial charge on any atom is 0.242 e. The minimum Gasteiger partial charge on any atom is -0.308 e. The number of aryl methyl sites for hydroxylation is 1. The first-order valence-electron chi connectivity index (χ1n) is 10.2. The Morgan fingerprint density at radius 1 is 1.23 bits per heavy atom. The van der Waals surface area contributed by atoms with Gasteiger partial charge in [0.1, 0.15) is 0 Å². The van der Waals surface area contributed by atoms with E-state index in [0.29, 0.717) is 16.9 Å². The summed E-state index contributed by atoms with van der Waals surface area (Å²) in [6.07, 6.45) is 5.24. The first-order chi connectivity index (χ1) is 13.8. The lowest BCUT2D eigenvalue weighted by Crippen LogP contribution is -2.40. The Hall–Kier alpha value is -2.80. The molecular formula is C19H22N6O. The van der Waals surface area contributed by atoms with Crippen molar-refractivity contribution in [3.05, 3.63) is 36.7 Å². The van der Waals surface area contributed by atoms with Crippen LogP contribution in [0.25, 0.3) is 22.0 Å². The highest BCUT2D eigenvalue weighted by Gasteiger charge is 2.24. The number of hydrogen-bond acceptors (Lipinski definition) is 5. The van der Waals surface area contributed by atoms with Crippen LogP contribution in [0.3, 0.4) is 0 Å². The van der Waals surface area contributed by atoms with E-state index in [9.17, 15) is 4.79 Å². The van der Waals surface area contributed by atoms with E-state index >= 15 is 0 Å². The molecule has 1 N–H and O–H groups in total. The highest BCUT2D eigenvalue weighted by molar-refractivity contribution is 5.95. The van der Waals surface area contributed by atoms with E-state index in [1.165, 1.54) is 12.4 Å². The van der Waals surface area contributed by atoms with Gasteiger partial charge in [-0.2, -0.15) is 5.10 Å². The SMILES string of the molecule is [2H]C([2H])([2H])n1cc(-c2ccc3nnc(NC(=O)[C@H](C)N4CCCC4)cc3c2)cn1. The van der Waals surface area contributed by atoms with Crippen molar-refractivity contribution in [2.45, 2.75) is 25.8 Å². The molecule has 1 aliphatic rings. The van der Waals surface area contributed by atoms with Gasteiger partial charge >= 0.3 is 0 Å². The first kappa shape index (κ1) is 13.4. The largest absolute Gasteiger partial charge is 0.308 e. The van der Waals surface area contributed by atoms with Crippen molar-refractivity contribution in [2.24, 2.45) is 6.98 Å². The predicted molar refractivity (Wildman–Crippen MR) is 101 cm³/mol. The van der Waals surface area contributed by atoms with Gasteiger partial charge in [-0.1, -0.05) is 6.07 Å². The van der Waals surface area contributed by atoms with Gasteiger partial charge in [0.05, 0.1) is 17.8 Å². The summed E-state index contributed by atoms with van der Waals surface area (Å²) in [7, 11) is 0. The van der Waals surface area contributed by atoms with Gasteiger partial charge in [-0.25, -0.2) is 0 Å². The Morgan fingerprint density at radius 2 is 2.08 bits per heavy atom. The molecule has 7 heteroatoms.